The molecule has 0 saturated carbocycles. The molecule has 0 saturated heterocycles. The predicted molar refractivity (Wildman–Crippen MR) is 105 cm³/mol. The summed E-state index contributed by atoms with van der Waals surface area (Å²) >= 11 is 0. The van der Waals surface area contributed by atoms with Gasteiger partial charge in [-0.2, -0.15) is 0 Å². The quantitative estimate of drug-likeness (QED) is 0.393. The van der Waals surface area contributed by atoms with E-state index in [2.05, 4.69) is 66.3 Å². The van der Waals surface area contributed by atoms with Gasteiger partial charge in [-0.25, -0.2) is 0 Å². The molecule has 0 aliphatic rings. The average molecular weight is 314 g/mol. The van der Waals surface area contributed by atoms with Gasteiger partial charge >= 0.3 is 0 Å². The number of aryl methyl sites for hydroxylation is 2. The molecule has 22 heavy (non-hydrogen) atoms. The molecule has 0 heterocycles. The lowest BCUT2D eigenvalue weighted by molar-refractivity contribution is 0.786. The molecule has 0 spiro atoms. The smallest absolute Gasteiger partial charge is 0.0200 e. The molecule has 1 atom stereocenters. The summed E-state index contributed by atoms with van der Waals surface area (Å²) in [7, 11) is 0.757. The number of rotatable bonds is 7. The van der Waals surface area contributed by atoms with Crippen LogP contribution in [0.4, 0.5) is 0 Å². The Balaban J connectivity index is 3.10. The van der Waals surface area contributed by atoms with Crippen LogP contribution in [0.2, 0.25) is 0 Å². The molecule has 0 aromatic heterocycles. The van der Waals surface area contributed by atoms with E-state index in [-0.39, 0.29) is 0 Å². The van der Waals surface area contributed by atoms with Gasteiger partial charge in [-0.3, -0.25) is 0 Å². The maximum absolute atomic E-state index is 3.96. The number of allylic oxidation sites excluding steroid dienone is 5. The highest BCUT2D eigenvalue weighted by molar-refractivity contribution is 7.51. The van der Waals surface area contributed by atoms with E-state index >= 15 is 0 Å². The van der Waals surface area contributed by atoms with Gasteiger partial charge in [0, 0.05) is 0 Å². The fraction of sp³-hybridized carbons (Fsp3) is 0.429. The van der Waals surface area contributed by atoms with Crippen molar-refractivity contribution < 1.29 is 0 Å². The van der Waals surface area contributed by atoms with Crippen LogP contribution in [0.15, 0.2) is 52.9 Å². The molecule has 0 aliphatic heterocycles. The highest BCUT2D eigenvalue weighted by Crippen LogP contribution is 2.33. The van der Waals surface area contributed by atoms with Crippen molar-refractivity contribution in [3.8, 4) is 0 Å². The zero-order chi connectivity index (χ0) is 16.7. The second kappa shape index (κ2) is 9.11. The summed E-state index contributed by atoms with van der Waals surface area (Å²) in [5.41, 5.74) is 7.03. The Bertz CT molecular complexity index is 588. The van der Waals surface area contributed by atoms with E-state index in [1.165, 1.54) is 51.3 Å². The first kappa shape index (κ1) is 18.9. The SMILES string of the molecule is C=C/C(C)=C(CCCC)\C(C)=C(/C)Pc1ccc(C)cc1C. The molecule has 120 valence electrons. The molecule has 0 amide bonds. The van der Waals surface area contributed by atoms with Crippen molar-refractivity contribution in [3.63, 3.8) is 0 Å². The number of hydrogen-bond acceptors (Lipinski definition) is 0. The summed E-state index contributed by atoms with van der Waals surface area (Å²) in [4.78, 5) is 0. The van der Waals surface area contributed by atoms with Crippen LogP contribution in [-0.2, 0) is 0 Å². The zero-order valence-corrected chi connectivity index (χ0v) is 16.1. The molecule has 0 nitrogen and oxygen atoms in total. The minimum Gasteiger partial charge on any atom is -0.0988 e. The van der Waals surface area contributed by atoms with Crippen molar-refractivity contribution in [1.29, 1.82) is 0 Å². The van der Waals surface area contributed by atoms with E-state index in [0.29, 0.717) is 0 Å². The molecule has 1 rings (SSSR count). The number of hydrogen-bond donors (Lipinski definition) is 0. The molecule has 0 fully saturated rings. The third-order valence-electron chi connectivity index (χ3n) is 4.28. The van der Waals surface area contributed by atoms with E-state index in [0.717, 1.165) is 15.0 Å². The predicted octanol–water partition coefficient (Wildman–Crippen LogP) is 6.59. The lowest BCUT2D eigenvalue weighted by atomic mass is 9.96. The average Bonchev–Trinajstić information content (AvgIpc) is 2.49. The molecular formula is C21H31P. The number of unbranched alkanes of at least 4 members (excludes halogenated alkanes) is 1. The maximum Gasteiger partial charge on any atom is -0.0200 e. The Morgan fingerprint density at radius 3 is 2.41 bits per heavy atom. The summed E-state index contributed by atoms with van der Waals surface area (Å²) in [5.74, 6) is 0. The van der Waals surface area contributed by atoms with Crippen LogP contribution in [0, 0.1) is 13.8 Å². The molecule has 0 radical (unpaired) electrons. The first-order valence-corrected chi connectivity index (χ1v) is 9.25. The Hall–Kier alpha value is -1.13. The van der Waals surface area contributed by atoms with Crippen molar-refractivity contribution in [2.45, 2.75) is 60.8 Å². The van der Waals surface area contributed by atoms with Crippen molar-refractivity contribution in [1.82, 2.24) is 0 Å². The van der Waals surface area contributed by atoms with Gasteiger partial charge in [0.1, 0.15) is 0 Å². The fourth-order valence-electron chi connectivity index (χ4n) is 2.63. The second-order valence-electron chi connectivity index (χ2n) is 6.16. The fourth-order valence-corrected chi connectivity index (χ4v) is 3.81. The van der Waals surface area contributed by atoms with Crippen LogP contribution in [0.1, 0.15) is 58.1 Å². The van der Waals surface area contributed by atoms with Crippen LogP contribution in [-0.4, -0.2) is 0 Å². The molecule has 1 unspecified atom stereocenters. The Kier molecular flexibility index (Phi) is 7.83. The summed E-state index contributed by atoms with van der Waals surface area (Å²) in [5, 5.41) is 2.97. The molecule has 0 N–H and O–H groups in total. The number of benzene rings is 1. The summed E-state index contributed by atoms with van der Waals surface area (Å²) < 4.78 is 0. The van der Waals surface area contributed by atoms with E-state index < -0.39 is 0 Å². The summed E-state index contributed by atoms with van der Waals surface area (Å²) in [6.07, 6.45) is 5.65. The Morgan fingerprint density at radius 1 is 1.18 bits per heavy atom. The molecule has 0 aliphatic carbocycles. The topological polar surface area (TPSA) is 0 Å². The van der Waals surface area contributed by atoms with Crippen molar-refractivity contribution >= 4 is 13.9 Å². The van der Waals surface area contributed by atoms with Gasteiger partial charge in [-0.1, -0.05) is 58.3 Å². The monoisotopic (exact) mass is 314 g/mol. The highest BCUT2D eigenvalue weighted by atomic mass is 31.1. The minimum atomic E-state index is 0.757. The Morgan fingerprint density at radius 2 is 1.86 bits per heavy atom. The van der Waals surface area contributed by atoms with Gasteiger partial charge in [-0.15, -0.1) is 0 Å². The van der Waals surface area contributed by atoms with Crippen molar-refractivity contribution in [2.75, 3.05) is 0 Å². The summed E-state index contributed by atoms with van der Waals surface area (Å²) in [6, 6.07) is 6.80. The van der Waals surface area contributed by atoms with Crippen LogP contribution in [0.25, 0.3) is 0 Å². The van der Waals surface area contributed by atoms with E-state index in [4.69, 9.17) is 0 Å². The molecule has 1 aromatic carbocycles. The third kappa shape index (κ3) is 5.25. The third-order valence-corrected chi connectivity index (χ3v) is 5.86. The van der Waals surface area contributed by atoms with E-state index in [1.807, 2.05) is 6.08 Å². The van der Waals surface area contributed by atoms with Gasteiger partial charge < -0.3 is 0 Å². The van der Waals surface area contributed by atoms with Gasteiger partial charge in [0.2, 0.25) is 0 Å². The van der Waals surface area contributed by atoms with E-state index in [9.17, 15) is 0 Å². The van der Waals surface area contributed by atoms with Gasteiger partial charge in [0.05, 0.1) is 0 Å². The first-order chi connectivity index (χ1) is 10.4. The van der Waals surface area contributed by atoms with Crippen LogP contribution >= 0.6 is 8.58 Å². The van der Waals surface area contributed by atoms with E-state index in [1.54, 1.807) is 0 Å². The second-order valence-corrected chi connectivity index (χ2v) is 7.70. The van der Waals surface area contributed by atoms with Crippen molar-refractivity contribution in [2.24, 2.45) is 0 Å². The normalized spacial score (nSPS) is 14.1. The molecule has 1 aromatic rings. The van der Waals surface area contributed by atoms with Gasteiger partial charge in [0.15, 0.2) is 0 Å². The van der Waals surface area contributed by atoms with Crippen LogP contribution < -0.4 is 5.30 Å². The Labute approximate surface area is 139 Å². The molecule has 1 heteroatoms. The van der Waals surface area contributed by atoms with Gasteiger partial charge in [0.25, 0.3) is 0 Å². The first-order valence-electron chi connectivity index (χ1n) is 8.25. The van der Waals surface area contributed by atoms with Crippen LogP contribution in [0.5, 0.6) is 0 Å². The highest BCUT2D eigenvalue weighted by Gasteiger charge is 2.08. The van der Waals surface area contributed by atoms with Crippen LogP contribution in [0.3, 0.4) is 0 Å². The maximum atomic E-state index is 3.96. The van der Waals surface area contributed by atoms with Crippen molar-refractivity contribution in [3.05, 3.63) is 64.0 Å². The lowest BCUT2D eigenvalue weighted by Crippen LogP contribution is -2.01. The molecular weight excluding hydrogens is 283 g/mol. The van der Waals surface area contributed by atoms with Gasteiger partial charge in [-0.05, 0) is 80.4 Å². The summed E-state index contributed by atoms with van der Waals surface area (Å²) in [6.45, 7) is 17.4. The lowest BCUT2D eigenvalue weighted by Gasteiger charge is -2.16. The standard InChI is InChI=1S/C21H31P/c1-8-10-11-20(16(4)9-2)18(6)19(7)22-21-13-12-15(3)14-17(21)5/h9,12-14,22H,2,8,10-11H2,1,3-7H3/b19-18+,20-16-. The zero-order valence-electron chi connectivity index (χ0n) is 15.1. The molecule has 0 bridgehead atoms. The minimum absolute atomic E-state index is 0.757. The largest absolute Gasteiger partial charge is 0.0988 e.